The van der Waals surface area contributed by atoms with Crippen molar-refractivity contribution in [3.05, 3.63) is 42.2 Å². The summed E-state index contributed by atoms with van der Waals surface area (Å²) in [6.45, 7) is 0. The highest BCUT2D eigenvalue weighted by molar-refractivity contribution is 6.26. The van der Waals surface area contributed by atoms with Crippen LogP contribution in [0, 0.1) is 5.92 Å². The average Bonchev–Trinajstić information content (AvgIpc) is 3.18. The highest BCUT2D eigenvalue weighted by atomic mass is 16.2. The molecule has 1 aliphatic carbocycles. The van der Waals surface area contributed by atoms with Gasteiger partial charge in [-0.15, -0.1) is 0 Å². The second kappa shape index (κ2) is 3.94. The number of hydrogen-bond acceptors (Lipinski definition) is 3. The van der Waals surface area contributed by atoms with Gasteiger partial charge in [-0.3, -0.25) is 14.2 Å². The van der Waals surface area contributed by atoms with Crippen molar-refractivity contribution >= 4 is 30.6 Å². The molecule has 18 heavy (non-hydrogen) atoms. The van der Waals surface area contributed by atoms with Crippen molar-refractivity contribution in [2.45, 2.75) is 6.32 Å². The highest BCUT2D eigenvalue weighted by Crippen LogP contribution is 2.25. The lowest BCUT2D eigenvalue weighted by atomic mass is 9.96. The summed E-state index contributed by atoms with van der Waals surface area (Å²) in [6, 6.07) is 3.51. The van der Waals surface area contributed by atoms with Gasteiger partial charge in [-0.25, -0.2) is 4.98 Å². The summed E-state index contributed by atoms with van der Waals surface area (Å²) >= 11 is 0. The van der Waals surface area contributed by atoms with Crippen LogP contribution in [0.3, 0.4) is 0 Å². The number of allylic oxidation sites excluding steroid dienone is 2. The van der Waals surface area contributed by atoms with E-state index in [1.165, 1.54) is 10.8 Å². The van der Waals surface area contributed by atoms with Crippen LogP contribution in [-0.2, 0) is 0 Å². The summed E-state index contributed by atoms with van der Waals surface area (Å²) in [4.78, 5) is 28.0. The first-order valence-electron chi connectivity index (χ1n) is 5.64. The Bertz CT molecular complexity index is 681. The molecule has 0 bridgehead atoms. The van der Waals surface area contributed by atoms with Crippen LogP contribution in [0.1, 0.15) is 15.2 Å². The molecule has 86 valence electrons. The van der Waals surface area contributed by atoms with Crippen LogP contribution in [-0.4, -0.2) is 29.1 Å². The number of pyridine rings is 1. The molecule has 0 aliphatic heterocycles. The lowest BCUT2D eigenvalue weighted by molar-refractivity contribution is 0.0901. The van der Waals surface area contributed by atoms with Crippen LogP contribution in [0.25, 0.3) is 11.0 Å². The van der Waals surface area contributed by atoms with E-state index in [2.05, 4.69) is 4.98 Å². The Labute approximate surface area is 105 Å². The first kappa shape index (κ1) is 11.0. The van der Waals surface area contributed by atoms with E-state index >= 15 is 0 Å². The van der Waals surface area contributed by atoms with Crippen LogP contribution >= 0.6 is 0 Å². The molecule has 0 spiro atoms. The van der Waals surface area contributed by atoms with Crippen molar-refractivity contribution in [2.75, 3.05) is 0 Å². The molecule has 0 N–H and O–H groups in total. The summed E-state index contributed by atoms with van der Waals surface area (Å²) in [5, 5.41) is 0.668. The average molecular weight is 236 g/mol. The number of hydrogen-bond donors (Lipinski definition) is 0. The molecule has 0 atom stereocenters. The topological polar surface area (TPSA) is 52.0 Å². The number of aromatic nitrogens is 2. The molecule has 1 aliphatic rings. The van der Waals surface area contributed by atoms with Gasteiger partial charge in [0.2, 0.25) is 5.91 Å². The standard InChI is InChI=1S/C13H9BN2O2/c14-6-11(17)10-7-16(13(18)8-3-4-8)12-9(10)2-1-5-15-12/h1-5,7-8H,6H2. The Morgan fingerprint density at radius 2 is 2.17 bits per heavy atom. The molecule has 2 aromatic heterocycles. The van der Waals surface area contributed by atoms with Crippen LogP contribution in [0.2, 0.25) is 6.32 Å². The molecular weight excluding hydrogens is 227 g/mol. The molecule has 0 amide bonds. The zero-order chi connectivity index (χ0) is 12.7. The maximum Gasteiger partial charge on any atom is 0.243 e. The molecule has 0 aromatic carbocycles. The molecule has 0 fully saturated rings. The molecule has 0 saturated carbocycles. The fourth-order valence-electron chi connectivity index (χ4n) is 1.94. The van der Waals surface area contributed by atoms with Gasteiger partial charge in [0.15, 0.2) is 5.78 Å². The Balaban J connectivity index is 2.19. The lowest BCUT2D eigenvalue weighted by Crippen LogP contribution is -2.12. The molecular formula is C13H9BN2O2. The van der Waals surface area contributed by atoms with E-state index in [9.17, 15) is 9.59 Å². The molecule has 4 nitrogen and oxygen atoms in total. The number of fused-ring (bicyclic) bond motifs is 1. The number of Topliss-reactive ketones (excluding diaryl/α,β-unsaturated/α-hetero) is 1. The third-order valence-electron chi connectivity index (χ3n) is 2.96. The first-order chi connectivity index (χ1) is 8.72. The Morgan fingerprint density at radius 1 is 1.39 bits per heavy atom. The maximum absolute atomic E-state index is 12.1. The number of nitrogens with zero attached hydrogens (tertiary/aromatic N) is 2. The van der Waals surface area contributed by atoms with E-state index in [4.69, 9.17) is 7.85 Å². The van der Waals surface area contributed by atoms with Gasteiger partial charge in [-0.05, 0) is 18.5 Å². The molecule has 5 heteroatoms. The minimum atomic E-state index is -0.191. The predicted molar refractivity (Wildman–Crippen MR) is 67.9 cm³/mol. The molecule has 3 rings (SSSR count). The van der Waals surface area contributed by atoms with Crippen molar-refractivity contribution in [2.24, 2.45) is 5.92 Å². The van der Waals surface area contributed by atoms with Crippen LogP contribution < -0.4 is 0 Å². The molecule has 2 aromatic rings. The van der Waals surface area contributed by atoms with Crippen LogP contribution in [0.15, 0.2) is 36.7 Å². The smallest absolute Gasteiger partial charge is 0.243 e. The third kappa shape index (κ3) is 1.59. The second-order valence-corrected chi connectivity index (χ2v) is 4.16. The van der Waals surface area contributed by atoms with Gasteiger partial charge in [-0.2, -0.15) is 0 Å². The number of rotatable bonds is 3. The molecule has 0 saturated heterocycles. The van der Waals surface area contributed by atoms with Crippen molar-refractivity contribution < 1.29 is 9.59 Å². The monoisotopic (exact) mass is 236 g/mol. The number of carbonyl (C=O) groups excluding carboxylic acids is 2. The van der Waals surface area contributed by atoms with Crippen LogP contribution in [0.5, 0.6) is 0 Å². The van der Waals surface area contributed by atoms with Crippen LogP contribution in [0.4, 0.5) is 0 Å². The van der Waals surface area contributed by atoms with Gasteiger partial charge in [-0.1, -0.05) is 12.2 Å². The predicted octanol–water partition coefficient (Wildman–Crippen LogP) is 1.63. The summed E-state index contributed by atoms with van der Waals surface area (Å²) in [5.41, 5.74) is 0.961. The van der Waals surface area contributed by atoms with E-state index in [1.807, 2.05) is 12.2 Å². The highest BCUT2D eigenvalue weighted by Gasteiger charge is 2.26. The summed E-state index contributed by atoms with van der Waals surface area (Å²) in [5.74, 6) is -0.443. The fraction of sp³-hybridized carbons (Fsp3) is 0.154. The molecule has 2 heterocycles. The van der Waals surface area contributed by atoms with Gasteiger partial charge in [0.05, 0.1) is 13.8 Å². The van der Waals surface area contributed by atoms with E-state index in [-0.39, 0.29) is 23.9 Å². The van der Waals surface area contributed by atoms with Gasteiger partial charge >= 0.3 is 0 Å². The van der Waals surface area contributed by atoms with E-state index in [0.717, 1.165) is 0 Å². The van der Waals surface area contributed by atoms with E-state index < -0.39 is 0 Å². The normalized spacial score (nSPS) is 14.0. The number of carbonyl (C=O) groups is 2. The first-order valence-corrected chi connectivity index (χ1v) is 5.64. The minimum absolute atomic E-state index is 0.0795. The number of ketones is 1. The van der Waals surface area contributed by atoms with Gasteiger partial charge in [0.1, 0.15) is 5.65 Å². The SMILES string of the molecule is [B]CC(=O)c1cn(C(=O)C2C=C2)c2ncccc12. The zero-order valence-corrected chi connectivity index (χ0v) is 9.54. The molecule has 0 unspecified atom stereocenters. The maximum atomic E-state index is 12.1. The van der Waals surface area contributed by atoms with Gasteiger partial charge in [0.25, 0.3) is 0 Å². The Hall–Kier alpha value is -2.17. The second-order valence-electron chi connectivity index (χ2n) is 4.16. The Morgan fingerprint density at radius 3 is 2.83 bits per heavy atom. The third-order valence-corrected chi connectivity index (χ3v) is 2.96. The van der Waals surface area contributed by atoms with Crippen molar-refractivity contribution in [3.63, 3.8) is 0 Å². The van der Waals surface area contributed by atoms with Gasteiger partial charge in [0, 0.05) is 23.3 Å². The zero-order valence-electron chi connectivity index (χ0n) is 9.54. The van der Waals surface area contributed by atoms with E-state index in [0.29, 0.717) is 16.6 Å². The summed E-state index contributed by atoms with van der Waals surface area (Å²) < 4.78 is 1.43. The largest absolute Gasteiger partial charge is 0.295 e. The quantitative estimate of drug-likeness (QED) is 0.462. The van der Waals surface area contributed by atoms with E-state index in [1.54, 1.807) is 18.3 Å². The molecule has 2 radical (unpaired) electrons. The summed E-state index contributed by atoms with van der Waals surface area (Å²) in [6.07, 6.45) is 6.67. The fourth-order valence-corrected chi connectivity index (χ4v) is 1.94. The Kier molecular flexibility index (Phi) is 2.40. The van der Waals surface area contributed by atoms with Crippen molar-refractivity contribution in [3.8, 4) is 0 Å². The van der Waals surface area contributed by atoms with Gasteiger partial charge < -0.3 is 0 Å². The van der Waals surface area contributed by atoms with Crippen molar-refractivity contribution in [1.82, 2.24) is 9.55 Å². The summed E-state index contributed by atoms with van der Waals surface area (Å²) in [7, 11) is 5.38. The lowest BCUT2D eigenvalue weighted by Gasteiger charge is -2.00. The van der Waals surface area contributed by atoms with Crippen molar-refractivity contribution in [1.29, 1.82) is 0 Å². The minimum Gasteiger partial charge on any atom is -0.295 e.